The summed E-state index contributed by atoms with van der Waals surface area (Å²) in [7, 11) is 0. The van der Waals surface area contributed by atoms with Crippen LogP contribution in [0.3, 0.4) is 0 Å². The number of aryl methyl sites for hydroxylation is 1. The van der Waals surface area contributed by atoms with Crippen molar-refractivity contribution in [2.75, 3.05) is 6.61 Å². The van der Waals surface area contributed by atoms with Crippen molar-refractivity contribution in [1.29, 1.82) is 5.26 Å². The summed E-state index contributed by atoms with van der Waals surface area (Å²) in [6.07, 6.45) is 1.10. The van der Waals surface area contributed by atoms with Crippen molar-refractivity contribution < 1.29 is 4.74 Å². The van der Waals surface area contributed by atoms with E-state index in [0.29, 0.717) is 0 Å². The molecule has 1 aromatic rings. The van der Waals surface area contributed by atoms with E-state index in [2.05, 4.69) is 33.8 Å². The molecular formula is C14H19NO. The molecule has 2 heteroatoms. The summed E-state index contributed by atoms with van der Waals surface area (Å²) < 4.78 is 5.28. The highest BCUT2D eigenvalue weighted by Crippen LogP contribution is 2.31. The van der Waals surface area contributed by atoms with Crippen molar-refractivity contribution in [2.45, 2.75) is 39.5 Å². The predicted octanol–water partition coefficient (Wildman–Crippen LogP) is 3.59. The van der Waals surface area contributed by atoms with Crippen LogP contribution < -0.4 is 4.74 Å². The van der Waals surface area contributed by atoms with Gasteiger partial charge in [-0.3, -0.25) is 0 Å². The molecule has 1 rings (SSSR count). The van der Waals surface area contributed by atoms with Crippen molar-refractivity contribution in [1.82, 2.24) is 0 Å². The molecule has 0 aliphatic carbocycles. The van der Waals surface area contributed by atoms with Crippen LogP contribution in [-0.2, 0) is 5.41 Å². The minimum absolute atomic E-state index is 0.107. The normalized spacial score (nSPS) is 10.9. The van der Waals surface area contributed by atoms with E-state index in [0.717, 1.165) is 12.2 Å². The molecule has 86 valence electrons. The third-order valence-corrected chi connectivity index (χ3v) is 3.11. The quantitative estimate of drug-likeness (QED) is 0.772. The Morgan fingerprint density at radius 1 is 1.38 bits per heavy atom. The monoisotopic (exact) mass is 217 g/mol. The number of ether oxygens (including phenoxy) is 1. The molecule has 0 saturated heterocycles. The van der Waals surface area contributed by atoms with Gasteiger partial charge in [-0.25, -0.2) is 0 Å². The first kappa shape index (κ1) is 12.6. The second kappa shape index (κ2) is 5.03. The molecule has 0 fully saturated rings. The highest BCUT2D eigenvalue weighted by atomic mass is 16.5. The molecule has 16 heavy (non-hydrogen) atoms. The lowest BCUT2D eigenvalue weighted by Gasteiger charge is -2.25. The van der Waals surface area contributed by atoms with Crippen LogP contribution >= 0.6 is 0 Å². The number of rotatable bonds is 4. The lowest BCUT2D eigenvalue weighted by molar-refractivity contribution is 0.367. The Hall–Kier alpha value is -1.49. The van der Waals surface area contributed by atoms with Crippen LogP contribution in [0.1, 0.15) is 38.3 Å². The van der Waals surface area contributed by atoms with Crippen LogP contribution in [0.4, 0.5) is 0 Å². The number of hydrogen-bond acceptors (Lipinski definition) is 2. The third kappa shape index (κ3) is 2.76. The highest BCUT2D eigenvalue weighted by molar-refractivity contribution is 5.38. The van der Waals surface area contributed by atoms with Gasteiger partial charge in [0.05, 0.1) is 0 Å². The maximum absolute atomic E-state index is 8.44. The smallest absolute Gasteiger partial charge is 0.174 e. The predicted molar refractivity (Wildman–Crippen MR) is 65.6 cm³/mol. The zero-order valence-electron chi connectivity index (χ0n) is 10.5. The van der Waals surface area contributed by atoms with E-state index in [1.54, 1.807) is 0 Å². The standard InChI is InChI=1S/C14H19NO/c1-5-14(3,4)13-7-6-12(10-11(13)2)16-9-8-15/h6-7,10H,5,9H2,1-4H3. The number of benzene rings is 1. The zero-order valence-corrected chi connectivity index (χ0v) is 10.5. The van der Waals surface area contributed by atoms with Crippen molar-refractivity contribution in [3.05, 3.63) is 29.3 Å². The molecule has 2 nitrogen and oxygen atoms in total. The van der Waals surface area contributed by atoms with Gasteiger partial charge < -0.3 is 4.74 Å². The van der Waals surface area contributed by atoms with Crippen LogP contribution in [0.2, 0.25) is 0 Å². The molecule has 1 aromatic carbocycles. The van der Waals surface area contributed by atoms with Gasteiger partial charge in [0.15, 0.2) is 6.61 Å². The molecule has 0 aliphatic heterocycles. The first-order valence-electron chi connectivity index (χ1n) is 5.62. The van der Waals surface area contributed by atoms with E-state index in [9.17, 15) is 0 Å². The van der Waals surface area contributed by atoms with Gasteiger partial charge in [-0.05, 0) is 42.0 Å². The van der Waals surface area contributed by atoms with Gasteiger partial charge in [0, 0.05) is 0 Å². The van der Waals surface area contributed by atoms with E-state index in [-0.39, 0.29) is 12.0 Å². The number of hydrogen-bond donors (Lipinski definition) is 0. The Morgan fingerprint density at radius 3 is 2.56 bits per heavy atom. The van der Waals surface area contributed by atoms with Crippen molar-refractivity contribution in [3.63, 3.8) is 0 Å². The molecule has 0 radical (unpaired) electrons. The number of nitrogens with zero attached hydrogens (tertiary/aromatic N) is 1. The van der Waals surface area contributed by atoms with E-state index >= 15 is 0 Å². The maximum Gasteiger partial charge on any atom is 0.174 e. The Labute approximate surface area is 97.9 Å². The third-order valence-electron chi connectivity index (χ3n) is 3.11. The fourth-order valence-electron chi connectivity index (χ4n) is 1.79. The van der Waals surface area contributed by atoms with Crippen molar-refractivity contribution in [3.8, 4) is 11.8 Å². The molecule has 0 bridgehead atoms. The molecule has 0 aliphatic rings. The summed E-state index contributed by atoms with van der Waals surface area (Å²) in [5.41, 5.74) is 2.76. The summed E-state index contributed by atoms with van der Waals surface area (Å²) in [4.78, 5) is 0. The topological polar surface area (TPSA) is 33.0 Å². The number of nitriles is 1. The van der Waals surface area contributed by atoms with Crippen LogP contribution in [0.15, 0.2) is 18.2 Å². The SMILES string of the molecule is CCC(C)(C)c1ccc(OCC#N)cc1C. The second-order valence-corrected chi connectivity index (χ2v) is 4.66. The second-order valence-electron chi connectivity index (χ2n) is 4.66. The minimum atomic E-state index is 0.107. The van der Waals surface area contributed by atoms with Crippen molar-refractivity contribution in [2.24, 2.45) is 0 Å². The van der Waals surface area contributed by atoms with Gasteiger partial charge in [-0.15, -0.1) is 0 Å². The van der Waals surface area contributed by atoms with E-state index in [1.807, 2.05) is 18.2 Å². The summed E-state index contributed by atoms with van der Waals surface area (Å²) in [6, 6.07) is 8.02. The van der Waals surface area contributed by atoms with E-state index < -0.39 is 0 Å². The van der Waals surface area contributed by atoms with Gasteiger partial charge in [0.2, 0.25) is 0 Å². The molecule has 0 aromatic heterocycles. The molecular weight excluding hydrogens is 198 g/mol. The largest absolute Gasteiger partial charge is 0.479 e. The Morgan fingerprint density at radius 2 is 2.06 bits per heavy atom. The molecule has 0 atom stereocenters. The molecule has 0 spiro atoms. The Bertz CT molecular complexity index is 402. The molecule has 0 amide bonds. The molecule has 0 saturated carbocycles. The van der Waals surface area contributed by atoms with Gasteiger partial charge >= 0.3 is 0 Å². The lowest BCUT2D eigenvalue weighted by atomic mass is 9.80. The van der Waals surface area contributed by atoms with Gasteiger partial charge in [0.25, 0.3) is 0 Å². The summed E-state index contributed by atoms with van der Waals surface area (Å²) in [5, 5.41) is 8.44. The highest BCUT2D eigenvalue weighted by Gasteiger charge is 2.20. The average molecular weight is 217 g/mol. The summed E-state index contributed by atoms with van der Waals surface area (Å²) in [5.74, 6) is 0.773. The summed E-state index contributed by atoms with van der Waals surface area (Å²) >= 11 is 0. The van der Waals surface area contributed by atoms with Crippen LogP contribution in [0.5, 0.6) is 5.75 Å². The lowest BCUT2D eigenvalue weighted by Crippen LogP contribution is -2.17. The molecule has 0 N–H and O–H groups in total. The summed E-state index contributed by atoms with van der Waals surface area (Å²) in [6.45, 7) is 8.87. The minimum Gasteiger partial charge on any atom is -0.479 e. The molecule has 0 heterocycles. The Balaban J connectivity index is 2.97. The molecule has 0 unspecified atom stereocenters. The van der Waals surface area contributed by atoms with Crippen molar-refractivity contribution >= 4 is 0 Å². The van der Waals surface area contributed by atoms with Crippen LogP contribution in [0.25, 0.3) is 0 Å². The average Bonchev–Trinajstić information content (AvgIpc) is 2.26. The van der Waals surface area contributed by atoms with Gasteiger partial charge in [0.1, 0.15) is 11.8 Å². The van der Waals surface area contributed by atoms with E-state index in [4.69, 9.17) is 10.00 Å². The van der Waals surface area contributed by atoms with Gasteiger partial charge in [-0.1, -0.05) is 26.8 Å². The van der Waals surface area contributed by atoms with E-state index in [1.165, 1.54) is 11.1 Å². The maximum atomic E-state index is 8.44. The fourth-order valence-corrected chi connectivity index (χ4v) is 1.79. The first-order chi connectivity index (χ1) is 7.51. The Kier molecular flexibility index (Phi) is 3.95. The van der Waals surface area contributed by atoms with Crippen LogP contribution in [0, 0.1) is 18.3 Å². The van der Waals surface area contributed by atoms with Crippen LogP contribution in [-0.4, -0.2) is 6.61 Å². The van der Waals surface area contributed by atoms with Gasteiger partial charge in [-0.2, -0.15) is 5.26 Å². The zero-order chi connectivity index (χ0) is 12.2. The fraction of sp³-hybridized carbons (Fsp3) is 0.500. The first-order valence-corrected chi connectivity index (χ1v) is 5.62.